The summed E-state index contributed by atoms with van der Waals surface area (Å²) in [6.07, 6.45) is 10.3. The molecule has 1 heterocycles. The van der Waals surface area contributed by atoms with E-state index in [4.69, 9.17) is 10.5 Å². The van der Waals surface area contributed by atoms with Crippen molar-refractivity contribution in [1.29, 1.82) is 0 Å². The molecule has 0 aromatic carbocycles. The summed E-state index contributed by atoms with van der Waals surface area (Å²) < 4.78 is 5.55. The maximum Gasteiger partial charge on any atom is 0.220 e. The molecule has 1 aliphatic heterocycles. The molecule has 19 heavy (non-hydrogen) atoms. The van der Waals surface area contributed by atoms with Gasteiger partial charge in [0.1, 0.15) is 0 Å². The number of hydrogen-bond donors (Lipinski definition) is 2. The van der Waals surface area contributed by atoms with Crippen LogP contribution in [0.2, 0.25) is 0 Å². The molecule has 2 fully saturated rings. The highest BCUT2D eigenvalue weighted by Gasteiger charge is 2.24. The second-order valence-corrected chi connectivity index (χ2v) is 5.98. The van der Waals surface area contributed by atoms with E-state index < -0.39 is 0 Å². The van der Waals surface area contributed by atoms with E-state index in [2.05, 4.69) is 5.32 Å². The van der Waals surface area contributed by atoms with Gasteiger partial charge < -0.3 is 15.8 Å². The molecule has 0 radical (unpaired) electrons. The monoisotopic (exact) mass is 268 g/mol. The number of ether oxygens (including phenoxy) is 1. The molecule has 2 aliphatic rings. The minimum atomic E-state index is 0.150. The molecule has 0 spiro atoms. The quantitative estimate of drug-likeness (QED) is 0.774. The van der Waals surface area contributed by atoms with Crippen molar-refractivity contribution in [2.75, 3.05) is 13.2 Å². The molecule has 2 atom stereocenters. The van der Waals surface area contributed by atoms with E-state index in [1.165, 1.54) is 32.1 Å². The van der Waals surface area contributed by atoms with E-state index in [-0.39, 0.29) is 11.9 Å². The van der Waals surface area contributed by atoms with Gasteiger partial charge in [0, 0.05) is 25.6 Å². The molecule has 3 N–H and O–H groups in total. The normalized spacial score (nSPS) is 26.3. The zero-order valence-corrected chi connectivity index (χ0v) is 11.9. The molecule has 0 bridgehead atoms. The van der Waals surface area contributed by atoms with E-state index in [9.17, 15) is 4.79 Å². The van der Waals surface area contributed by atoms with Crippen molar-refractivity contribution in [3.8, 4) is 0 Å². The number of nitrogens with one attached hydrogen (secondary N) is 1. The first kappa shape index (κ1) is 14.8. The van der Waals surface area contributed by atoms with Crippen LogP contribution in [0, 0.1) is 5.92 Å². The Balaban J connectivity index is 1.69. The fraction of sp³-hybridized carbons (Fsp3) is 0.933. The number of hydrogen-bond acceptors (Lipinski definition) is 3. The van der Waals surface area contributed by atoms with E-state index in [0.29, 0.717) is 25.0 Å². The Hall–Kier alpha value is -0.610. The zero-order valence-electron chi connectivity index (χ0n) is 11.9. The van der Waals surface area contributed by atoms with Crippen molar-refractivity contribution >= 4 is 5.91 Å². The first-order valence-electron chi connectivity index (χ1n) is 7.90. The van der Waals surface area contributed by atoms with Crippen LogP contribution in [0.15, 0.2) is 0 Å². The Labute approximate surface area is 116 Å². The number of carbonyl (C=O) groups is 1. The van der Waals surface area contributed by atoms with Crippen molar-refractivity contribution in [1.82, 2.24) is 5.32 Å². The number of amides is 1. The summed E-state index contributed by atoms with van der Waals surface area (Å²) in [5, 5.41) is 3.14. The van der Waals surface area contributed by atoms with Crippen LogP contribution in [0.1, 0.15) is 57.8 Å². The summed E-state index contributed by atoms with van der Waals surface area (Å²) >= 11 is 0. The van der Waals surface area contributed by atoms with E-state index in [1.54, 1.807) is 0 Å². The number of nitrogens with two attached hydrogens (primary N) is 1. The topological polar surface area (TPSA) is 64.3 Å². The van der Waals surface area contributed by atoms with Crippen LogP contribution in [-0.2, 0) is 9.53 Å². The lowest BCUT2D eigenvalue weighted by molar-refractivity contribution is -0.122. The third kappa shape index (κ3) is 4.77. The Bertz CT molecular complexity index is 271. The number of carbonyl (C=O) groups excluding carboxylic acids is 1. The van der Waals surface area contributed by atoms with Gasteiger partial charge in [0.2, 0.25) is 5.91 Å². The van der Waals surface area contributed by atoms with Crippen LogP contribution >= 0.6 is 0 Å². The molecule has 0 aromatic rings. The van der Waals surface area contributed by atoms with Crippen molar-refractivity contribution < 1.29 is 9.53 Å². The summed E-state index contributed by atoms with van der Waals surface area (Å²) in [6, 6.07) is 0.178. The van der Waals surface area contributed by atoms with Gasteiger partial charge in [0.25, 0.3) is 0 Å². The van der Waals surface area contributed by atoms with Crippen LogP contribution in [-0.4, -0.2) is 31.2 Å². The molecular weight excluding hydrogens is 240 g/mol. The van der Waals surface area contributed by atoms with Gasteiger partial charge in [0.05, 0.1) is 6.10 Å². The van der Waals surface area contributed by atoms with E-state index in [1.807, 2.05) is 0 Å². The average molecular weight is 268 g/mol. The highest BCUT2D eigenvalue weighted by atomic mass is 16.5. The van der Waals surface area contributed by atoms with Crippen LogP contribution in [0.25, 0.3) is 0 Å². The predicted molar refractivity (Wildman–Crippen MR) is 75.8 cm³/mol. The number of rotatable bonds is 6. The first-order chi connectivity index (χ1) is 9.29. The van der Waals surface area contributed by atoms with E-state index in [0.717, 1.165) is 25.9 Å². The lowest BCUT2D eigenvalue weighted by Crippen LogP contribution is -2.46. The van der Waals surface area contributed by atoms with Gasteiger partial charge in [-0.25, -0.2) is 0 Å². The molecule has 2 rings (SSSR count). The molecule has 0 aromatic heterocycles. The van der Waals surface area contributed by atoms with Crippen LogP contribution in [0.4, 0.5) is 0 Å². The van der Waals surface area contributed by atoms with Crippen molar-refractivity contribution in [3.63, 3.8) is 0 Å². The average Bonchev–Trinajstić information content (AvgIpc) is 2.97. The van der Waals surface area contributed by atoms with Crippen LogP contribution < -0.4 is 11.1 Å². The molecule has 110 valence electrons. The smallest absolute Gasteiger partial charge is 0.220 e. The third-order valence-electron chi connectivity index (χ3n) is 4.54. The lowest BCUT2D eigenvalue weighted by atomic mass is 9.84. The fourth-order valence-electron chi connectivity index (χ4n) is 3.35. The van der Waals surface area contributed by atoms with Crippen molar-refractivity contribution in [2.24, 2.45) is 11.7 Å². The Morgan fingerprint density at radius 2 is 2.00 bits per heavy atom. The molecule has 1 saturated heterocycles. The Morgan fingerprint density at radius 3 is 2.63 bits per heavy atom. The van der Waals surface area contributed by atoms with Gasteiger partial charge in [-0.1, -0.05) is 19.3 Å². The zero-order chi connectivity index (χ0) is 13.5. The second-order valence-electron chi connectivity index (χ2n) is 5.98. The standard InChI is InChI=1S/C15H28N2O2/c16-11-14(12-5-2-1-3-6-12)17-15(18)9-8-13-7-4-10-19-13/h12-14H,1-11,16H2,(H,17,18). The molecule has 4 heteroatoms. The van der Waals surface area contributed by atoms with Gasteiger partial charge >= 0.3 is 0 Å². The summed E-state index contributed by atoms with van der Waals surface area (Å²) in [7, 11) is 0. The van der Waals surface area contributed by atoms with Gasteiger partial charge in [-0.15, -0.1) is 0 Å². The van der Waals surface area contributed by atoms with E-state index >= 15 is 0 Å². The molecule has 1 saturated carbocycles. The van der Waals surface area contributed by atoms with Gasteiger partial charge in [-0.3, -0.25) is 4.79 Å². The summed E-state index contributed by atoms with van der Waals surface area (Å²) in [6.45, 7) is 1.43. The predicted octanol–water partition coefficient (Wildman–Crippen LogP) is 1.97. The second kappa shape index (κ2) is 7.85. The minimum Gasteiger partial charge on any atom is -0.378 e. The Kier molecular flexibility index (Phi) is 6.11. The van der Waals surface area contributed by atoms with Crippen molar-refractivity contribution in [2.45, 2.75) is 69.9 Å². The summed E-state index contributed by atoms with van der Waals surface area (Å²) in [5.41, 5.74) is 5.83. The summed E-state index contributed by atoms with van der Waals surface area (Å²) in [5.74, 6) is 0.738. The lowest BCUT2D eigenvalue weighted by Gasteiger charge is -2.30. The van der Waals surface area contributed by atoms with Crippen LogP contribution in [0.3, 0.4) is 0 Å². The van der Waals surface area contributed by atoms with Gasteiger partial charge in [-0.2, -0.15) is 0 Å². The summed E-state index contributed by atoms with van der Waals surface area (Å²) in [4.78, 5) is 12.0. The van der Waals surface area contributed by atoms with Crippen molar-refractivity contribution in [3.05, 3.63) is 0 Å². The van der Waals surface area contributed by atoms with Gasteiger partial charge in [0.15, 0.2) is 0 Å². The highest BCUT2D eigenvalue weighted by molar-refractivity contribution is 5.76. The van der Waals surface area contributed by atoms with Crippen LogP contribution in [0.5, 0.6) is 0 Å². The molecule has 4 nitrogen and oxygen atoms in total. The fourth-order valence-corrected chi connectivity index (χ4v) is 3.35. The Morgan fingerprint density at radius 1 is 1.21 bits per heavy atom. The molecule has 2 unspecified atom stereocenters. The molecular formula is C15H28N2O2. The SMILES string of the molecule is NCC(NC(=O)CCC1CCCO1)C1CCCCC1. The molecule has 1 aliphatic carbocycles. The van der Waals surface area contributed by atoms with Gasteiger partial charge in [-0.05, 0) is 38.0 Å². The third-order valence-corrected chi connectivity index (χ3v) is 4.54. The minimum absolute atomic E-state index is 0.150. The first-order valence-corrected chi connectivity index (χ1v) is 7.90. The largest absolute Gasteiger partial charge is 0.378 e. The highest BCUT2D eigenvalue weighted by Crippen LogP contribution is 2.26. The molecule has 1 amide bonds. The maximum atomic E-state index is 12.0. The maximum absolute atomic E-state index is 12.0.